The molecule has 110 valence electrons. The van der Waals surface area contributed by atoms with Gasteiger partial charge in [0.05, 0.1) is 16.8 Å². The Labute approximate surface area is 134 Å². The van der Waals surface area contributed by atoms with E-state index in [9.17, 15) is 10.4 Å². The van der Waals surface area contributed by atoms with Gasteiger partial charge in [0.15, 0.2) is 10.2 Å². The van der Waals surface area contributed by atoms with E-state index < -0.39 is 0 Å². The maximum atomic E-state index is 10.3. The number of para-hydroxylation sites is 2. The SMILES string of the molecule is Cn1c(/C(C#N)=C(\O)CSc2nncs2)nc2ccccc21. The molecule has 22 heavy (non-hydrogen) atoms. The summed E-state index contributed by atoms with van der Waals surface area (Å²) in [7, 11) is 1.83. The third-order valence-electron chi connectivity index (χ3n) is 3.08. The summed E-state index contributed by atoms with van der Waals surface area (Å²) in [5.74, 6) is 0.696. The summed E-state index contributed by atoms with van der Waals surface area (Å²) in [6.07, 6.45) is 0. The quantitative estimate of drug-likeness (QED) is 0.450. The minimum absolute atomic E-state index is 0.0129. The number of hydrogen-bond acceptors (Lipinski definition) is 7. The highest BCUT2D eigenvalue weighted by Gasteiger charge is 2.16. The van der Waals surface area contributed by atoms with Gasteiger partial charge in [-0.15, -0.1) is 10.2 Å². The predicted molar refractivity (Wildman–Crippen MR) is 86.5 cm³/mol. The molecule has 0 radical (unpaired) electrons. The Bertz CT molecular complexity index is 876. The lowest BCUT2D eigenvalue weighted by Crippen LogP contribution is -2.00. The smallest absolute Gasteiger partial charge is 0.174 e. The highest BCUT2D eigenvalue weighted by molar-refractivity contribution is 8.01. The van der Waals surface area contributed by atoms with Crippen molar-refractivity contribution in [3.8, 4) is 6.07 Å². The van der Waals surface area contributed by atoms with Crippen LogP contribution in [0.4, 0.5) is 0 Å². The first-order valence-corrected chi connectivity index (χ1v) is 8.20. The summed E-state index contributed by atoms with van der Waals surface area (Å²) in [4.78, 5) is 4.44. The molecule has 3 aromatic rings. The first-order valence-electron chi connectivity index (χ1n) is 6.33. The second-order valence-electron chi connectivity index (χ2n) is 4.41. The Morgan fingerprint density at radius 2 is 2.27 bits per heavy atom. The fourth-order valence-electron chi connectivity index (χ4n) is 2.04. The van der Waals surface area contributed by atoms with Gasteiger partial charge in [0.1, 0.15) is 22.9 Å². The van der Waals surface area contributed by atoms with Crippen molar-refractivity contribution in [2.75, 3.05) is 5.75 Å². The molecule has 6 nitrogen and oxygen atoms in total. The lowest BCUT2D eigenvalue weighted by molar-refractivity contribution is 0.420. The van der Waals surface area contributed by atoms with Gasteiger partial charge in [0.25, 0.3) is 0 Å². The van der Waals surface area contributed by atoms with Gasteiger partial charge in [-0.3, -0.25) is 0 Å². The van der Waals surface area contributed by atoms with Gasteiger partial charge in [-0.1, -0.05) is 35.2 Å². The van der Waals surface area contributed by atoms with E-state index >= 15 is 0 Å². The van der Waals surface area contributed by atoms with Crippen molar-refractivity contribution in [2.45, 2.75) is 4.34 Å². The van der Waals surface area contributed by atoms with Gasteiger partial charge in [0.2, 0.25) is 0 Å². The molecular formula is C14H11N5OS2. The zero-order valence-electron chi connectivity index (χ0n) is 11.6. The standard InChI is InChI=1S/C14H11N5OS2/c1-19-11-5-3-2-4-10(11)17-13(19)9(6-15)12(20)7-21-14-18-16-8-22-14/h2-5,8,20H,7H2,1H3/b12-9-. The maximum Gasteiger partial charge on any atom is 0.174 e. The van der Waals surface area contributed by atoms with E-state index in [0.29, 0.717) is 5.82 Å². The molecular weight excluding hydrogens is 318 g/mol. The number of nitriles is 1. The molecule has 2 aromatic heterocycles. The number of allylic oxidation sites excluding steroid dienone is 1. The predicted octanol–water partition coefficient (Wildman–Crippen LogP) is 3.01. The van der Waals surface area contributed by atoms with Crippen molar-refractivity contribution >= 4 is 39.7 Å². The van der Waals surface area contributed by atoms with E-state index in [2.05, 4.69) is 21.3 Å². The van der Waals surface area contributed by atoms with E-state index in [1.165, 1.54) is 23.1 Å². The first-order chi connectivity index (χ1) is 10.7. The van der Waals surface area contributed by atoms with Gasteiger partial charge >= 0.3 is 0 Å². The molecule has 1 aromatic carbocycles. The number of aliphatic hydroxyl groups excluding tert-OH is 1. The molecule has 0 bridgehead atoms. The third kappa shape index (κ3) is 2.68. The van der Waals surface area contributed by atoms with Crippen LogP contribution in [0.5, 0.6) is 0 Å². The fraction of sp³-hybridized carbons (Fsp3) is 0.143. The maximum absolute atomic E-state index is 10.3. The molecule has 0 unspecified atom stereocenters. The van der Waals surface area contributed by atoms with Gasteiger partial charge in [0, 0.05) is 7.05 Å². The highest BCUT2D eigenvalue weighted by Crippen LogP contribution is 2.26. The second-order valence-corrected chi connectivity index (χ2v) is 6.47. The molecule has 2 heterocycles. The summed E-state index contributed by atoms with van der Waals surface area (Å²) in [6, 6.07) is 9.65. The van der Waals surface area contributed by atoms with Crippen LogP contribution >= 0.6 is 23.1 Å². The molecule has 3 rings (SSSR count). The number of aliphatic hydroxyl groups is 1. The monoisotopic (exact) mass is 329 g/mol. The topological polar surface area (TPSA) is 87.6 Å². The van der Waals surface area contributed by atoms with Crippen LogP contribution in [-0.2, 0) is 7.05 Å². The van der Waals surface area contributed by atoms with Gasteiger partial charge < -0.3 is 9.67 Å². The second kappa shape index (κ2) is 6.17. The average Bonchev–Trinajstić information content (AvgIpc) is 3.16. The molecule has 0 fully saturated rings. The van der Waals surface area contributed by atoms with Gasteiger partial charge in [-0.2, -0.15) is 5.26 Å². The molecule has 0 aliphatic heterocycles. The Morgan fingerprint density at radius 1 is 1.45 bits per heavy atom. The van der Waals surface area contributed by atoms with Crippen LogP contribution in [0.1, 0.15) is 5.82 Å². The molecule has 0 spiro atoms. The largest absolute Gasteiger partial charge is 0.510 e. The number of rotatable bonds is 4. The lowest BCUT2D eigenvalue weighted by atomic mass is 10.2. The Hall–Kier alpha value is -2.37. The van der Waals surface area contributed by atoms with Crippen molar-refractivity contribution in [3.05, 3.63) is 41.4 Å². The molecule has 0 aliphatic rings. The summed E-state index contributed by atoms with van der Waals surface area (Å²) >= 11 is 2.73. The van der Waals surface area contributed by atoms with E-state index in [-0.39, 0.29) is 17.1 Å². The Morgan fingerprint density at radius 3 is 2.95 bits per heavy atom. The Kier molecular flexibility index (Phi) is 4.09. The van der Waals surface area contributed by atoms with Crippen molar-refractivity contribution in [1.29, 1.82) is 5.26 Å². The van der Waals surface area contributed by atoms with Crippen molar-refractivity contribution in [3.63, 3.8) is 0 Å². The number of hydrogen-bond donors (Lipinski definition) is 1. The molecule has 1 N–H and O–H groups in total. The summed E-state index contributed by atoms with van der Waals surface area (Å²) in [5.41, 5.74) is 3.50. The molecule has 0 atom stereocenters. The number of aromatic nitrogens is 4. The van der Waals surface area contributed by atoms with E-state index in [1.807, 2.05) is 31.3 Å². The molecule has 0 saturated heterocycles. The molecule has 0 aliphatic carbocycles. The van der Waals surface area contributed by atoms with Crippen LogP contribution < -0.4 is 0 Å². The van der Waals surface area contributed by atoms with Crippen LogP contribution in [-0.4, -0.2) is 30.6 Å². The summed E-state index contributed by atoms with van der Waals surface area (Å²) < 4.78 is 2.55. The molecule has 8 heteroatoms. The van der Waals surface area contributed by atoms with Crippen LogP contribution in [0.15, 0.2) is 39.9 Å². The van der Waals surface area contributed by atoms with Crippen molar-refractivity contribution in [1.82, 2.24) is 19.7 Å². The number of imidazole rings is 1. The van der Waals surface area contributed by atoms with Crippen molar-refractivity contribution < 1.29 is 5.11 Å². The zero-order valence-corrected chi connectivity index (χ0v) is 13.2. The number of aryl methyl sites for hydroxylation is 1. The van der Waals surface area contributed by atoms with Crippen LogP contribution in [0.2, 0.25) is 0 Å². The van der Waals surface area contributed by atoms with E-state index in [0.717, 1.165) is 15.4 Å². The zero-order chi connectivity index (χ0) is 15.5. The third-order valence-corrected chi connectivity index (χ3v) is 4.96. The summed E-state index contributed by atoms with van der Waals surface area (Å²) in [6.45, 7) is 0. The van der Waals surface area contributed by atoms with Crippen LogP contribution in [0.25, 0.3) is 16.6 Å². The number of nitrogens with zero attached hydrogens (tertiary/aromatic N) is 5. The highest BCUT2D eigenvalue weighted by atomic mass is 32.2. The van der Waals surface area contributed by atoms with Crippen LogP contribution in [0, 0.1) is 11.3 Å². The number of fused-ring (bicyclic) bond motifs is 1. The number of thioether (sulfide) groups is 1. The van der Waals surface area contributed by atoms with Gasteiger partial charge in [-0.05, 0) is 12.1 Å². The van der Waals surface area contributed by atoms with Gasteiger partial charge in [-0.25, -0.2) is 4.98 Å². The minimum Gasteiger partial charge on any atom is -0.510 e. The van der Waals surface area contributed by atoms with E-state index in [4.69, 9.17) is 0 Å². The van der Waals surface area contributed by atoms with Crippen LogP contribution in [0.3, 0.4) is 0 Å². The first kappa shape index (κ1) is 14.6. The van der Waals surface area contributed by atoms with E-state index in [1.54, 1.807) is 10.1 Å². The fourth-order valence-corrected chi connectivity index (χ4v) is 3.41. The summed E-state index contributed by atoms with van der Waals surface area (Å²) in [5, 5.41) is 27.3. The number of benzene rings is 1. The molecule has 0 amide bonds. The Balaban J connectivity index is 1.96. The molecule has 0 saturated carbocycles. The minimum atomic E-state index is -0.0129. The lowest BCUT2D eigenvalue weighted by Gasteiger charge is -2.04. The normalized spacial score (nSPS) is 12.2. The average molecular weight is 329 g/mol. The van der Waals surface area contributed by atoms with Crippen molar-refractivity contribution in [2.24, 2.45) is 7.05 Å².